The normalized spacial score (nSPS) is 17.3. The molecule has 1 aromatic heterocycles. The molecule has 5 heteroatoms. The number of piperidine rings is 1. The molecule has 0 aliphatic carbocycles. The molecule has 1 atom stereocenters. The molecular weight excluding hydrogens is 328 g/mol. The lowest BCUT2D eigenvalue weighted by Gasteiger charge is -2.36. The highest BCUT2D eigenvalue weighted by Crippen LogP contribution is 2.23. The van der Waals surface area contributed by atoms with E-state index in [0.717, 1.165) is 43.4 Å². The first-order valence-corrected chi connectivity index (χ1v) is 9.23. The van der Waals surface area contributed by atoms with Crippen LogP contribution in [0.15, 0.2) is 41.2 Å². The quantitative estimate of drug-likeness (QED) is 0.918. The Morgan fingerprint density at radius 1 is 1.15 bits per heavy atom. The molecule has 0 bridgehead atoms. The molecule has 0 saturated carbocycles. The van der Waals surface area contributed by atoms with Gasteiger partial charge in [-0.25, -0.2) is 0 Å². The lowest BCUT2D eigenvalue weighted by atomic mass is 9.95. The van der Waals surface area contributed by atoms with E-state index in [1.165, 1.54) is 4.57 Å². The second kappa shape index (κ2) is 7.77. The maximum Gasteiger partial charge on any atom is 0.263 e. The number of likely N-dealkylation sites (tertiary alicyclic amines) is 1. The van der Waals surface area contributed by atoms with Crippen LogP contribution in [0.4, 0.5) is 0 Å². The number of phenolic OH excluding ortho intramolecular Hbond substituents is 1. The summed E-state index contributed by atoms with van der Waals surface area (Å²) in [6, 6.07) is 10.8. The fourth-order valence-corrected chi connectivity index (χ4v) is 3.61. The van der Waals surface area contributed by atoms with Gasteiger partial charge in [-0.05, 0) is 68.9 Å². The largest absolute Gasteiger partial charge is 0.508 e. The smallest absolute Gasteiger partial charge is 0.263 e. The molecule has 2 aromatic rings. The Hall–Kier alpha value is -2.56. The Bertz CT molecular complexity index is 839. The van der Waals surface area contributed by atoms with Crippen molar-refractivity contribution in [2.24, 2.45) is 7.05 Å². The van der Waals surface area contributed by atoms with Crippen LogP contribution in [0.1, 0.15) is 47.3 Å². The maximum absolute atomic E-state index is 13.0. The monoisotopic (exact) mass is 354 g/mol. The number of amides is 1. The van der Waals surface area contributed by atoms with E-state index in [2.05, 4.69) is 0 Å². The summed E-state index contributed by atoms with van der Waals surface area (Å²) in [5.41, 5.74) is 2.02. The van der Waals surface area contributed by atoms with Gasteiger partial charge in [0.2, 0.25) is 0 Å². The standard InChI is InChI=1S/C21H26N2O3/c1-15-6-13-19(20(25)22(15)2)21(26)23-14-4-3-5-17(23)10-7-16-8-11-18(24)12-9-16/h6,8-9,11-13,17,24H,3-5,7,10,14H2,1-2H3/t17-/m0/s1. The average molecular weight is 354 g/mol. The van der Waals surface area contributed by atoms with Crippen LogP contribution < -0.4 is 5.56 Å². The van der Waals surface area contributed by atoms with Crippen molar-refractivity contribution in [3.8, 4) is 5.75 Å². The Kier molecular flexibility index (Phi) is 5.45. The van der Waals surface area contributed by atoms with Crippen LogP contribution in [0.25, 0.3) is 0 Å². The lowest BCUT2D eigenvalue weighted by Crippen LogP contribution is -2.46. The first-order valence-electron chi connectivity index (χ1n) is 9.23. The minimum Gasteiger partial charge on any atom is -0.508 e. The van der Waals surface area contributed by atoms with Gasteiger partial charge in [0.05, 0.1) is 0 Å². The van der Waals surface area contributed by atoms with Crippen molar-refractivity contribution in [1.82, 2.24) is 9.47 Å². The van der Waals surface area contributed by atoms with Crippen molar-refractivity contribution in [3.05, 3.63) is 63.6 Å². The first-order chi connectivity index (χ1) is 12.5. The van der Waals surface area contributed by atoms with Crippen LogP contribution in [0.2, 0.25) is 0 Å². The molecule has 1 aromatic carbocycles. The predicted molar refractivity (Wildman–Crippen MR) is 102 cm³/mol. The molecule has 0 radical (unpaired) electrons. The molecule has 1 aliphatic heterocycles. The Morgan fingerprint density at radius 3 is 2.62 bits per heavy atom. The SMILES string of the molecule is Cc1ccc(C(=O)N2CCCC[C@H]2CCc2ccc(O)cc2)c(=O)n1C. The summed E-state index contributed by atoms with van der Waals surface area (Å²) in [5.74, 6) is 0.111. The van der Waals surface area contributed by atoms with Gasteiger partial charge in [0.25, 0.3) is 11.5 Å². The zero-order chi connectivity index (χ0) is 18.7. The second-order valence-corrected chi connectivity index (χ2v) is 7.11. The third-order valence-electron chi connectivity index (χ3n) is 5.38. The molecule has 1 amide bonds. The molecule has 3 rings (SSSR count). The van der Waals surface area contributed by atoms with Gasteiger partial charge in [0, 0.05) is 25.3 Å². The van der Waals surface area contributed by atoms with Crippen molar-refractivity contribution in [3.63, 3.8) is 0 Å². The summed E-state index contributed by atoms with van der Waals surface area (Å²) in [6.07, 6.45) is 4.77. The molecule has 1 fully saturated rings. The third-order valence-corrected chi connectivity index (χ3v) is 5.38. The van der Waals surface area contributed by atoms with Gasteiger partial charge in [-0.2, -0.15) is 0 Å². The number of aryl methyl sites for hydroxylation is 2. The highest BCUT2D eigenvalue weighted by Gasteiger charge is 2.28. The molecule has 1 saturated heterocycles. The van der Waals surface area contributed by atoms with Gasteiger partial charge in [0.15, 0.2) is 0 Å². The number of aromatic hydroxyl groups is 1. The van der Waals surface area contributed by atoms with E-state index in [0.29, 0.717) is 6.54 Å². The second-order valence-electron chi connectivity index (χ2n) is 7.11. The minimum atomic E-state index is -0.224. The fourth-order valence-electron chi connectivity index (χ4n) is 3.61. The average Bonchev–Trinajstić information content (AvgIpc) is 2.65. The number of carbonyl (C=O) groups is 1. The van der Waals surface area contributed by atoms with Crippen molar-refractivity contribution in [2.75, 3.05) is 6.54 Å². The van der Waals surface area contributed by atoms with E-state index in [9.17, 15) is 14.7 Å². The highest BCUT2D eigenvalue weighted by atomic mass is 16.3. The number of hydrogen-bond acceptors (Lipinski definition) is 3. The van der Waals surface area contributed by atoms with Crippen molar-refractivity contribution < 1.29 is 9.90 Å². The van der Waals surface area contributed by atoms with Crippen LogP contribution in [0.5, 0.6) is 5.75 Å². The number of hydrogen-bond donors (Lipinski definition) is 1. The molecule has 0 spiro atoms. The van der Waals surface area contributed by atoms with Crippen LogP contribution in [-0.4, -0.2) is 33.1 Å². The predicted octanol–water partition coefficient (Wildman–Crippen LogP) is 3.03. The summed E-state index contributed by atoms with van der Waals surface area (Å²) in [7, 11) is 1.70. The van der Waals surface area contributed by atoms with Crippen LogP contribution in [0.3, 0.4) is 0 Å². The van der Waals surface area contributed by atoms with Gasteiger partial charge < -0.3 is 14.6 Å². The summed E-state index contributed by atoms with van der Waals surface area (Å²) >= 11 is 0. The number of rotatable bonds is 4. The molecule has 0 unspecified atom stereocenters. The molecule has 2 heterocycles. The van der Waals surface area contributed by atoms with Gasteiger partial charge in [0.1, 0.15) is 11.3 Å². The van der Waals surface area contributed by atoms with E-state index in [1.807, 2.05) is 30.0 Å². The van der Waals surface area contributed by atoms with E-state index >= 15 is 0 Å². The summed E-state index contributed by atoms with van der Waals surface area (Å²) in [4.78, 5) is 27.4. The van der Waals surface area contributed by atoms with Gasteiger partial charge in [-0.3, -0.25) is 9.59 Å². The van der Waals surface area contributed by atoms with Crippen LogP contribution in [0, 0.1) is 6.92 Å². The van der Waals surface area contributed by atoms with Gasteiger partial charge >= 0.3 is 0 Å². The van der Waals surface area contributed by atoms with E-state index in [-0.39, 0.29) is 28.8 Å². The fraction of sp³-hybridized carbons (Fsp3) is 0.429. The molecule has 138 valence electrons. The molecule has 1 aliphatic rings. The van der Waals surface area contributed by atoms with Crippen molar-refractivity contribution in [2.45, 2.75) is 45.1 Å². The topological polar surface area (TPSA) is 62.5 Å². The Labute approximate surface area is 153 Å². The number of pyridine rings is 1. The molecule has 1 N–H and O–H groups in total. The Balaban J connectivity index is 1.76. The maximum atomic E-state index is 13.0. The lowest BCUT2D eigenvalue weighted by molar-refractivity contribution is 0.0599. The number of phenols is 1. The number of nitrogens with zero attached hydrogens (tertiary/aromatic N) is 2. The van der Waals surface area contributed by atoms with E-state index in [1.54, 1.807) is 25.2 Å². The summed E-state index contributed by atoms with van der Waals surface area (Å²) in [5, 5.41) is 9.40. The highest BCUT2D eigenvalue weighted by molar-refractivity contribution is 5.94. The van der Waals surface area contributed by atoms with Crippen LogP contribution >= 0.6 is 0 Å². The zero-order valence-corrected chi connectivity index (χ0v) is 15.4. The van der Waals surface area contributed by atoms with Crippen molar-refractivity contribution in [1.29, 1.82) is 0 Å². The summed E-state index contributed by atoms with van der Waals surface area (Å²) < 4.78 is 1.53. The third kappa shape index (κ3) is 3.82. The Morgan fingerprint density at radius 2 is 1.88 bits per heavy atom. The molecule has 26 heavy (non-hydrogen) atoms. The van der Waals surface area contributed by atoms with Gasteiger partial charge in [-0.15, -0.1) is 0 Å². The number of carbonyl (C=O) groups excluding carboxylic acids is 1. The number of benzene rings is 1. The minimum absolute atomic E-state index is 0.149. The zero-order valence-electron chi connectivity index (χ0n) is 15.4. The van der Waals surface area contributed by atoms with Gasteiger partial charge in [-0.1, -0.05) is 12.1 Å². The van der Waals surface area contributed by atoms with E-state index < -0.39 is 0 Å². The summed E-state index contributed by atoms with van der Waals surface area (Å²) in [6.45, 7) is 2.56. The van der Waals surface area contributed by atoms with E-state index in [4.69, 9.17) is 0 Å². The molecule has 5 nitrogen and oxygen atoms in total. The van der Waals surface area contributed by atoms with Crippen molar-refractivity contribution >= 4 is 5.91 Å². The first kappa shape index (κ1) is 18.2. The van der Waals surface area contributed by atoms with Crippen LogP contribution in [-0.2, 0) is 13.5 Å². The number of aromatic nitrogens is 1. The molecular formula is C21H26N2O3.